The summed E-state index contributed by atoms with van der Waals surface area (Å²) in [5.74, 6) is 0.315. The van der Waals surface area contributed by atoms with Gasteiger partial charge in [-0.15, -0.1) is 0 Å². The molecule has 2 fully saturated rings. The van der Waals surface area contributed by atoms with Gasteiger partial charge in [0.15, 0.2) is 5.82 Å². The second-order valence-corrected chi connectivity index (χ2v) is 13.1. The standard InChI is InChI=1S/C28H36FIN6O4/c1-30-28(29)16-36(18-8-4-5-9-18)24-21(35(2)26(28)39)15-31-27(34-24)33-20-13-12-17(14-23(20)40-3)25(38)32-19-10-6-7-11-22(19)37/h12-15,18-19,22,37H,1,4-11,16H2,2-3H3,(H,32,38)(H,31,33,34)/t19?,22-,28-/m1/s1. The molecular weight excluding hydrogens is 630 g/mol. The van der Waals surface area contributed by atoms with E-state index in [2.05, 4.69) is 20.1 Å². The van der Waals surface area contributed by atoms with E-state index in [-0.39, 0.29) is 30.5 Å². The zero-order valence-electron chi connectivity index (χ0n) is 22.8. The summed E-state index contributed by atoms with van der Waals surface area (Å²) < 4.78 is 23.3. The summed E-state index contributed by atoms with van der Waals surface area (Å²) in [4.78, 5) is 38.4. The lowest BCUT2D eigenvalue weighted by molar-refractivity contribution is -0.123. The molecule has 2 aromatic rings. The number of aromatic nitrogens is 2. The molecule has 5 rings (SSSR count). The van der Waals surface area contributed by atoms with Crippen LogP contribution in [-0.4, -0.2) is 74.0 Å². The molecule has 0 saturated heterocycles. The number of hydrogen-bond donors (Lipinski definition) is 3. The largest absolute Gasteiger partial charge is 0.495 e. The van der Waals surface area contributed by atoms with Crippen LogP contribution in [-0.2, 0) is 4.79 Å². The van der Waals surface area contributed by atoms with Gasteiger partial charge in [0.1, 0.15) is 11.4 Å². The zero-order valence-corrected chi connectivity index (χ0v) is 25.0. The summed E-state index contributed by atoms with van der Waals surface area (Å²) in [5, 5.41) is 16.3. The van der Waals surface area contributed by atoms with Gasteiger partial charge in [0.2, 0.25) is 5.95 Å². The fourth-order valence-electron chi connectivity index (χ4n) is 5.79. The van der Waals surface area contributed by atoms with Gasteiger partial charge in [-0.2, -0.15) is 4.98 Å². The number of aliphatic hydroxyl groups is 1. The Bertz CT molecular complexity index is 1290. The van der Waals surface area contributed by atoms with Crippen molar-refractivity contribution in [2.45, 2.75) is 73.2 Å². The molecule has 2 aliphatic carbocycles. The summed E-state index contributed by atoms with van der Waals surface area (Å²) in [6, 6.07) is 4.83. The Morgan fingerprint density at radius 2 is 1.95 bits per heavy atom. The molecule has 2 heterocycles. The summed E-state index contributed by atoms with van der Waals surface area (Å²) in [6.45, 7) is -0.0656. The van der Waals surface area contributed by atoms with Gasteiger partial charge in [0.25, 0.3) is 15.5 Å². The van der Waals surface area contributed by atoms with Crippen LogP contribution in [0.1, 0.15) is 61.7 Å². The van der Waals surface area contributed by atoms with Crippen molar-refractivity contribution >= 4 is 60.2 Å². The minimum absolute atomic E-state index is 0.0656. The Kier molecular flexibility index (Phi) is 8.55. The van der Waals surface area contributed by atoms with E-state index in [9.17, 15) is 14.7 Å². The molecule has 0 radical (unpaired) electrons. The second-order valence-electron chi connectivity index (χ2n) is 10.6. The quantitative estimate of drug-likeness (QED) is 0.299. The third-order valence-corrected chi connectivity index (χ3v) is 10.1. The van der Waals surface area contributed by atoms with Crippen molar-refractivity contribution in [2.24, 2.45) is 0 Å². The van der Waals surface area contributed by atoms with Crippen LogP contribution < -0.4 is 25.2 Å². The van der Waals surface area contributed by atoms with E-state index in [1.165, 1.54) is 12.0 Å². The fourth-order valence-corrected chi connectivity index (χ4v) is 7.09. The van der Waals surface area contributed by atoms with Gasteiger partial charge in [-0.1, -0.05) is 50.9 Å². The maximum Gasteiger partial charge on any atom is 0.276 e. The summed E-state index contributed by atoms with van der Waals surface area (Å²) in [6.07, 6.45) is 8.28. The lowest BCUT2D eigenvalue weighted by Gasteiger charge is -2.32. The Balaban J connectivity index is 1.42. The molecule has 3 atom stereocenters. The Morgan fingerprint density at radius 3 is 2.65 bits per heavy atom. The van der Waals surface area contributed by atoms with E-state index in [0.29, 0.717) is 34.9 Å². The Hall–Kier alpha value is -2.87. The zero-order chi connectivity index (χ0) is 28.4. The average Bonchev–Trinajstić information content (AvgIpc) is 3.49. The van der Waals surface area contributed by atoms with Gasteiger partial charge < -0.3 is 30.3 Å². The predicted molar refractivity (Wildman–Crippen MR) is 162 cm³/mol. The Morgan fingerprint density at radius 1 is 1.23 bits per heavy atom. The van der Waals surface area contributed by atoms with E-state index in [1.807, 2.05) is 4.90 Å². The van der Waals surface area contributed by atoms with Crippen molar-refractivity contribution in [1.82, 2.24) is 15.3 Å². The second kappa shape index (κ2) is 11.9. The topological polar surface area (TPSA) is 120 Å². The molecule has 12 heteroatoms. The van der Waals surface area contributed by atoms with Crippen molar-refractivity contribution < 1.29 is 23.8 Å². The molecule has 1 aliphatic heterocycles. The van der Waals surface area contributed by atoms with Crippen molar-refractivity contribution in [2.75, 3.05) is 35.8 Å². The van der Waals surface area contributed by atoms with E-state index >= 15 is 4.39 Å². The molecule has 2 amide bonds. The van der Waals surface area contributed by atoms with Crippen molar-refractivity contribution in [3.8, 4) is 5.75 Å². The number of methoxy groups -OCH3 is 1. The molecule has 40 heavy (non-hydrogen) atoms. The summed E-state index contributed by atoms with van der Waals surface area (Å²) in [7, 11) is 3.07. The minimum Gasteiger partial charge on any atom is -0.495 e. The molecule has 1 aromatic carbocycles. The van der Waals surface area contributed by atoms with Crippen LogP contribution in [0.25, 0.3) is 0 Å². The monoisotopic (exact) mass is 666 g/mol. The van der Waals surface area contributed by atoms with Crippen LogP contribution in [0.4, 0.5) is 27.5 Å². The number of benzene rings is 1. The number of carbonyl (C=O) groups excluding carboxylic acids is 2. The number of nitrogens with one attached hydrogen (secondary N) is 2. The normalized spacial score (nSPS) is 25.4. The number of carbonyl (C=O) groups is 2. The van der Waals surface area contributed by atoms with Gasteiger partial charge >= 0.3 is 0 Å². The first-order valence-electron chi connectivity index (χ1n) is 13.7. The van der Waals surface area contributed by atoms with Gasteiger partial charge in [0.05, 0.1) is 37.7 Å². The van der Waals surface area contributed by atoms with E-state index in [1.54, 1.807) is 31.4 Å². The minimum atomic E-state index is -2.02. The number of nitrogens with zero attached hydrogens (tertiary/aromatic N) is 4. The van der Waals surface area contributed by atoms with Gasteiger partial charge in [-0.05, 0) is 43.9 Å². The molecule has 2 saturated carbocycles. The van der Waals surface area contributed by atoms with Gasteiger partial charge in [-0.25, -0.2) is 9.37 Å². The van der Waals surface area contributed by atoms with Crippen molar-refractivity contribution in [1.29, 1.82) is 0 Å². The van der Waals surface area contributed by atoms with Gasteiger partial charge in [-0.3, -0.25) is 9.59 Å². The maximum atomic E-state index is 15.9. The fraction of sp³-hybridized carbons (Fsp3) is 0.536. The molecule has 3 aliphatic rings. The number of fused-ring (bicyclic) bond motifs is 1. The van der Waals surface area contributed by atoms with Crippen LogP contribution in [0.2, 0.25) is 0 Å². The first kappa shape index (κ1) is 28.7. The van der Waals surface area contributed by atoms with Crippen LogP contribution in [0.3, 0.4) is 0 Å². The molecular formula is C28H36FIN6O4. The van der Waals surface area contributed by atoms with Crippen molar-refractivity contribution in [3.05, 3.63) is 30.0 Å². The van der Waals surface area contributed by atoms with E-state index in [0.717, 1.165) is 44.9 Å². The van der Waals surface area contributed by atoms with Crippen LogP contribution in [0.15, 0.2) is 24.4 Å². The maximum absolute atomic E-state index is 15.9. The van der Waals surface area contributed by atoms with Crippen LogP contribution >= 0.6 is 20.7 Å². The average molecular weight is 667 g/mol. The van der Waals surface area contributed by atoms with Crippen LogP contribution in [0, 0.1) is 0 Å². The number of hydrogen-bond acceptors (Lipinski definition) is 8. The van der Waals surface area contributed by atoms with Crippen LogP contribution in [0.5, 0.6) is 5.75 Å². The highest BCUT2D eigenvalue weighted by Crippen LogP contribution is 2.42. The lowest BCUT2D eigenvalue weighted by atomic mass is 9.92. The first-order valence-corrected chi connectivity index (χ1v) is 16.3. The van der Waals surface area contributed by atoms with Gasteiger partial charge in [0, 0.05) is 18.7 Å². The number of alkyl halides is 2. The Labute approximate surface area is 243 Å². The molecule has 216 valence electrons. The number of anilines is 4. The molecule has 3 N–H and O–H groups in total. The molecule has 0 spiro atoms. The molecule has 0 bridgehead atoms. The summed E-state index contributed by atoms with van der Waals surface area (Å²) in [5.41, 5.74) is 1.42. The summed E-state index contributed by atoms with van der Waals surface area (Å²) >= 11 is -1.28. The highest BCUT2D eigenvalue weighted by molar-refractivity contribution is 14.2. The number of rotatable bonds is 7. The lowest BCUT2D eigenvalue weighted by Crippen LogP contribution is -2.47. The third kappa shape index (κ3) is 5.65. The smallest absolute Gasteiger partial charge is 0.276 e. The number of ether oxygens (including phenoxy) is 1. The highest BCUT2D eigenvalue weighted by atomic mass is 127. The first-order chi connectivity index (χ1) is 19.2. The molecule has 10 nitrogen and oxygen atoms in total. The number of amides is 2. The predicted octanol–water partition coefficient (Wildman–Crippen LogP) is 4.06. The number of aliphatic hydroxyl groups excluding tert-OH is 1. The molecule has 1 unspecified atom stereocenters. The highest BCUT2D eigenvalue weighted by Gasteiger charge is 2.47. The molecule has 1 aromatic heterocycles. The van der Waals surface area contributed by atoms with Crippen molar-refractivity contribution in [3.63, 3.8) is 0 Å². The number of halogens is 2. The third-order valence-electron chi connectivity index (χ3n) is 8.10. The van der Waals surface area contributed by atoms with E-state index < -0.39 is 36.4 Å². The van der Waals surface area contributed by atoms with E-state index in [4.69, 9.17) is 9.72 Å². The SMILES string of the molecule is C=I[C@]1(F)CN(C2CCCC2)c2nc(Nc3ccc(C(=O)NC4CCCC[C@H]4O)cc3OC)ncc2N(C)C1=O.